The Hall–Kier alpha value is -3.13. The van der Waals surface area contributed by atoms with Crippen LogP contribution in [0.1, 0.15) is 80.5 Å². The van der Waals surface area contributed by atoms with Crippen molar-refractivity contribution in [1.82, 2.24) is 0 Å². The van der Waals surface area contributed by atoms with Gasteiger partial charge in [0.05, 0.1) is 25.0 Å². The summed E-state index contributed by atoms with van der Waals surface area (Å²) in [5.41, 5.74) is 4.71. The van der Waals surface area contributed by atoms with Crippen molar-refractivity contribution >= 4 is 5.69 Å². The van der Waals surface area contributed by atoms with Crippen molar-refractivity contribution in [2.75, 3.05) is 45.9 Å². The largest absolute Gasteiger partial charge is 0.496 e. The van der Waals surface area contributed by atoms with E-state index in [1.54, 1.807) is 27.4 Å². The van der Waals surface area contributed by atoms with Crippen molar-refractivity contribution in [1.29, 1.82) is 0 Å². The number of piperidine rings is 1. The minimum Gasteiger partial charge on any atom is -0.496 e. The van der Waals surface area contributed by atoms with E-state index >= 15 is 4.39 Å². The molecular weight excluding hydrogens is 569 g/mol. The number of hydrogen-bond donors (Lipinski definition) is 0. The first-order valence-electron chi connectivity index (χ1n) is 16.3. The molecule has 3 atom stereocenters. The molecule has 6 nitrogen and oxygen atoms in total. The van der Waals surface area contributed by atoms with Crippen LogP contribution in [-0.2, 0) is 20.6 Å². The Morgan fingerprint density at radius 3 is 2.33 bits per heavy atom. The van der Waals surface area contributed by atoms with E-state index in [1.165, 1.54) is 16.7 Å². The highest BCUT2D eigenvalue weighted by Crippen LogP contribution is 2.51. The first kappa shape index (κ1) is 31.8. The van der Waals surface area contributed by atoms with Crippen molar-refractivity contribution < 1.29 is 28.1 Å². The molecule has 2 saturated heterocycles. The highest BCUT2D eigenvalue weighted by molar-refractivity contribution is 5.59. The van der Waals surface area contributed by atoms with Crippen molar-refractivity contribution in [2.45, 2.75) is 82.2 Å². The maximum absolute atomic E-state index is 16.3. The van der Waals surface area contributed by atoms with E-state index in [-0.39, 0.29) is 41.1 Å². The first-order valence-corrected chi connectivity index (χ1v) is 16.3. The van der Waals surface area contributed by atoms with Crippen LogP contribution in [0.25, 0.3) is 0 Å². The molecule has 2 fully saturated rings. The molecule has 0 amide bonds. The maximum atomic E-state index is 16.3. The minimum absolute atomic E-state index is 0.0544. The van der Waals surface area contributed by atoms with Gasteiger partial charge in [-0.15, -0.1) is 0 Å². The lowest BCUT2D eigenvalue weighted by Crippen LogP contribution is -2.44. The third-order valence-electron chi connectivity index (χ3n) is 9.97. The fraction of sp³-hybridized carbons (Fsp3) is 0.526. The first-order chi connectivity index (χ1) is 21.6. The van der Waals surface area contributed by atoms with E-state index in [1.807, 2.05) is 12.1 Å². The fourth-order valence-corrected chi connectivity index (χ4v) is 7.92. The topological polar surface area (TPSA) is 49.4 Å². The van der Waals surface area contributed by atoms with Crippen LogP contribution in [0.15, 0.2) is 60.7 Å². The Morgan fingerprint density at radius 2 is 1.67 bits per heavy atom. The van der Waals surface area contributed by atoms with Gasteiger partial charge in [-0.05, 0) is 93.7 Å². The number of rotatable bonds is 8. The van der Waals surface area contributed by atoms with E-state index in [0.717, 1.165) is 49.2 Å². The van der Waals surface area contributed by atoms with Gasteiger partial charge in [0.15, 0.2) is 6.29 Å². The number of hydrogen-bond acceptors (Lipinski definition) is 6. The second-order valence-electron chi connectivity index (χ2n) is 13.9. The molecule has 3 aromatic rings. The van der Waals surface area contributed by atoms with Gasteiger partial charge in [-0.2, -0.15) is 0 Å². The van der Waals surface area contributed by atoms with Gasteiger partial charge in [0.1, 0.15) is 22.9 Å². The highest BCUT2D eigenvalue weighted by Gasteiger charge is 2.46. The van der Waals surface area contributed by atoms with Crippen LogP contribution in [0.3, 0.4) is 0 Å². The molecule has 0 aromatic heterocycles. The molecule has 1 unspecified atom stereocenters. The maximum Gasteiger partial charge on any atom is 0.161 e. The molecule has 0 N–H and O–H groups in total. The normalized spacial score (nSPS) is 22.9. The van der Waals surface area contributed by atoms with Crippen LogP contribution in [0.2, 0.25) is 0 Å². The molecule has 6 rings (SSSR count). The van der Waals surface area contributed by atoms with Gasteiger partial charge in [0.25, 0.3) is 0 Å². The number of anilines is 1. The van der Waals surface area contributed by atoms with E-state index < -0.39 is 0 Å². The summed E-state index contributed by atoms with van der Waals surface area (Å²) in [6.07, 6.45) is 4.18. The molecule has 2 aliphatic heterocycles. The zero-order chi connectivity index (χ0) is 31.8. The molecule has 2 heterocycles. The van der Waals surface area contributed by atoms with Gasteiger partial charge in [-0.25, -0.2) is 4.39 Å². The molecule has 242 valence electrons. The quantitative estimate of drug-likeness (QED) is 0.240. The monoisotopic (exact) mass is 617 g/mol. The van der Waals surface area contributed by atoms with Crippen molar-refractivity contribution in [3.63, 3.8) is 0 Å². The van der Waals surface area contributed by atoms with Crippen LogP contribution in [0.5, 0.6) is 11.5 Å². The smallest absolute Gasteiger partial charge is 0.161 e. The van der Waals surface area contributed by atoms with E-state index in [4.69, 9.17) is 23.7 Å². The Labute approximate surface area is 267 Å². The van der Waals surface area contributed by atoms with Gasteiger partial charge in [-0.1, -0.05) is 36.4 Å². The molecule has 0 bridgehead atoms. The van der Waals surface area contributed by atoms with Gasteiger partial charge in [0.2, 0.25) is 0 Å². The number of benzene rings is 3. The predicted octanol–water partition coefficient (Wildman–Crippen LogP) is 7.87. The summed E-state index contributed by atoms with van der Waals surface area (Å²) in [6, 6.07) is 20.7. The molecule has 1 spiro atoms. The standard InChI is InChI=1S/C38H48FNO5/c1-37(2,3)45-28-13-15-30-26(20-28)12-14-29(25-10-8-7-9-11-25)35(30)31-21-32(39)33(22-34(31)41-4)40-18-16-38(17-19-40)23-27(24-44-38)36(42-5)43-6/h7-11,13,15,20-22,27,29,35-36H,12,14,16-19,23-24H2,1-6H3/t27?,29-,35+/m1/s1. The number of methoxy groups -OCH3 is 3. The Balaban J connectivity index is 1.30. The van der Waals surface area contributed by atoms with Crippen molar-refractivity contribution in [3.8, 4) is 11.5 Å². The average Bonchev–Trinajstić information content (AvgIpc) is 3.44. The molecule has 7 heteroatoms. The van der Waals surface area contributed by atoms with Crippen molar-refractivity contribution in [2.24, 2.45) is 5.92 Å². The van der Waals surface area contributed by atoms with E-state index in [2.05, 4.69) is 68.1 Å². The summed E-state index contributed by atoms with van der Waals surface area (Å²) in [5, 5.41) is 0. The summed E-state index contributed by atoms with van der Waals surface area (Å²) in [6.45, 7) is 8.24. The summed E-state index contributed by atoms with van der Waals surface area (Å²) in [5.74, 6) is 1.72. The van der Waals surface area contributed by atoms with Gasteiger partial charge in [0, 0.05) is 50.8 Å². The lowest BCUT2D eigenvalue weighted by atomic mass is 9.69. The third kappa shape index (κ3) is 6.58. The Kier molecular flexibility index (Phi) is 9.15. The molecule has 45 heavy (non-hydrogen) atoms. The number of nitrogens with zero attached hydrogens (tertiary/aromatic N) is 1. The summed E-state index contributed by atoms with van der Waals surface area (Å²) < 4.78 is 46.0. The highest BCUT2D eigenvalue weighted by atomic mass is 19.1. The second kappa shape index (κ2) is 12.9. The van der Waals surface area contributed by atoms with E-state index in [9.17, 15) is 0 Å². The zero-order valence-electron chi connectivity index (χ0n) is 27.6. The molecular formula is C38H48FNO5. The lowest BCUT2D eigenvalue weighted by molar-refractivity contribution is -0.136. The average molecular weight is 618 g/mol. The minimum atomic E-state index is -0.285. The summed E-state index contributed by atoms with van der Waals surface area (Å²) >= 11 is 0. The van der Waals surface area contributed by atoms with Gasteiger partial charge >= 0.3 is 0 Å². The number of fused-ring (bicyclic) bond motifs is 1. The van der Waals surface area contributed by atoms with E-state index in [0.29, 0.717) is 25.4 Å². The molecule has 0 radical (unpaired) electrons. The second-order valence-corrected chi connectivity index (χ2v) is 13.9. The SMILES string of the molecule is COc1cc(N2CCC3(CC2)CC(C(OC)OC)CO3)c(F)cc1[C@@H]1c2ccc(OC(C)(C)C)cc2CC[C@@H]1c1ccccc1. The third-order valence-corrected chi connectivity index (χ3v) is 9.97. The fourth-order valence-electron chi connectivity index (χ4n) is 7.92. The van der Waals surface area contributed by atoms with Crippen LogP contribution in [0.4, 0.5) is 10.1 Å². The molecule has 3 aliphatic rings. The van der Waals surface area contributed by atoms with Crippen LogP contribution in [-0.4, -0.2) is 58.5 Å². The number of aryl methyl sites for hydroxylation is 1. The lowest BCUT2D eigenvalue weighted by Gasteiger charge is -2.40. The predicted molar refractivity (Wildman–Crippen MR) is 175 cm³/mol. The molecule has 3 aromatic carbocycles. The summed E-state index contributed by atoms with van der Waals surface area (Å²) in [7, 11) is 5.05. The summed E-state index contributed by atoms with van der Waals surface area (Å²) in [4.78, 5) is 2.15. The van der Waals surface area contributed by atoms with Gasteiger partial charge in [-0.3, -0.25) is 0 Å². The number of halogens is 1. The van der Waals surface area contributed by atoms with Gasteiger partial charge < -0.3 is 28.6 Å². The van der Waals surface area contributed by atoms with Crippen LogP contribution < -0.4 is 14.4 Å². The molecule has 1 aliphatic carbocycles. The Morgan fingerprint density at radius 1 is 0.933 bits per heavy atom. The Bertz CT molecular complexity index is 1460. The molecule has 0 saturated carbocycles. The number of ether oxygens (including phenoxy) is 5. The zero-order valence-corrected chi connectivity index (χ0v) is 27.6. The van der Waals surface area contributed by atoms with Crippen molar-refractivity contribution in [3.05, 3.63) is 88.7 Å². The van der Waals surface area contributed by atoms with Crippen LogP contribution >= 0.6 is 0 Å². The van der Waals surface area contributed by atoms with Crippen LogP contribution in [0, 0.1) is 11.7 Å².